The van der Waals surface area contributed by atoms with Gasteiger partial charge >= 0.3 is 0 Å². The Labute approximate surface area is 121 Å². The molecular weight excluding hydrogens is 279 g/mol. The van der Waals surface area contributed by atoms with Crippen molar-refractivity contribution in [3.63, 3.8) is 0 Å². The zero-order chi connectivity index (χ0) is 15.4. The fourth-order valence-electron chi connectivity index (χ4n) is 2.08. The molecule has 0 fully saturated rings. The number of rotatable bonds is 5. The zero-order valence-corrected chi connectivity index (χ0v) is 11.8. The lowest BCUT2D eigenvalue weighted by Gasteiger charge is -2.19. The van der Waals surface area contributed by atoms with Crippen molar-refractivity contribution in [2.75, 3.05) is 12.4 Å². The van der Waals surface area contributed by atoms with Crippen LogP contribution < -0.4 is 10.1 Å². The topological polar surface area (TPSA) is 21.3 Å². The molecule has 0 saturated heterocycles. The molecule has 2 aromatic rings. The number of benzene rings is 2. The van der Waals surface area contributed by atoms with Crippen molar-refractivity contribution in [3.8, 4) is 5.75 Å². The number of hydrogen-bond acceptors (Lipinski definition) is 2. The van der Waals surface area contributed by atoms with Crippen LogP contribution in [0.1, 0.15) is 24.9 Å². The van der Waals surface area contributed by atoms with E-state index in [0.29, 0.717) is 18.2 Å². The van der Waals surface area contributed by atoms with E-state index >= 15 is 0 Å². The average molecular weight is 295 g/mol. The van der Waals surface area contributed by atoms with Crippen molar-refractivity contribution in [2.45, 2.75) is 19.4 Å². The Balaban J connectivity index is 2.24. The van der Waals surface area contributed by atoms with Gasteiger partial charge in [-0.2, -0.15) is 0 Å². The van der Waals surface area contributed by atoms with Crippen LogP contribution in [0.5, 0.6) is 5.75 Å². The Hall–Kier alpha value is -2.17. The van der Waals surface area contributed by atoms with E-state index in [1.807, 2.05) is 19.1 Å². The molecule has 2 aromatic carbocycles. The third kappa shape index (κ3) is 3.48. The van der Waals surface area contributed by atoms with Gasteiger partial charge in [0.05, 0.1) is 18.8 Å². The number of methoxy groups -OCH3 is 1. The Morgan fingerprint density at radius 3 is 2.19 bits per heavy atom. The van der Waals surface area contributed by atoms with Crippen molar-refractivity contribution in [1.82, 2.24) is 0 Å². The summed E-state index contributed by atoms with van der Waals surface area (Å²) in [4.78, 5) is 0. The van der Waals surface area contributed by atoms with Crippen LogP contribution in [0.15, 0.2) is 36.4 Å². The second-order valence-corrected chi connectivity index (χ2v) is 4.62. The van der Waals surface area contributed by atoms with E-state index in [-0.39, 0.29) is 11.7 Å². The fourth-order valence-corrected chi connectivity index (χ4v) is 2.08. The molecule has 0 aliphatic rings. The number of halogens is 3. The molecule has 0 radical (unpaired) electrons. The number of anilines is 1. The van der Waals surface area contributed by atoms with E-state index in [9.17, 15) is 13.2 Å². The molecule has 21 heavy (non-hydrogen) atoms. The Kier molecular flexibility index (Phi) is 4.73. The second kappa shape index (κ2) is 6.52. The van der Waals surface area contributed by atoms with E-state index < -0.39 is 17.5 Å². The minimum atomic E-state index is -1.20. The standard InChI is InChI=1S/C16H16F3NO/c1-3-15(10-4-6-11(21-2)7-5-10)20-16-9-13(18)12(17)8-14(16)19/h4-9,15,20H,3H2,1-2H3. The van der Waals surface area contributed by atoms with Crippen LogP contribution in [-0.2, 0) is 0 Å². The van der Waals surface area contributed by atoms with Crippen LogP contribution in [0.4, 0.5) is 18.9 Å². The Bertz CT molecular complexity index is 614. The third-order valence-corrected chi connectivity index (χ3v) is 3.27. The summed E-state index contributed by atoms with van der Waals surface area (Å²) in [6.07, 6.45) is 0.658. The van der Waals surface area contributed by atoms with Gasteiger partial charge < -0.3 is 10.1 Å². The number of nitrogens with one attached hydrogen (secondary N) is 1. The van der Waals surface area contributed by atoms with Gasteiger partial charge in [0, 0.05) is 12.1 Å². The quantitative estimate of drug-likeness (QED) is 0.809. The lowest BCUT2D eigenvalue weighted by molar-refractivity contribution is 0.414. The second-order valence-electron chi connectivity index (χ2n) is 4.62. The zero-order valence-electron chi connectivity index (χ0n) is 11.8. The molecule has 112 valence electrons. The maximum absolute atomic E-state index is 13.7. The molecule has 0 aliphatic carbocycles. The van der Waals surface area contributed by atoms with Crippen LogP contribution in [0.25, 0.3) is 0 Å². The molecule has 0 amide bonds. The molecule has 0 spiro atoms. The Morgan fingerprint density at radius 1 is 1.00 bits per heavy atom. The monoisotopic (exact) mass is 295 g/mol. The predicted molar refractivity (Wildman–Crippen MR) is 76.0 cm³/mol. The van der Waals surface area contributed by atoms with Crippen LogP contribution in [0, 0.1) is 17.5 Å². The molecule has 0 aliphatic heterocycles. The van der Waals surface area contributed by atoms with Gasteiger partial charge in [0.2, 0.25) is 0 Å². The maximum Gasteiger partial charge on any atom is 0.161 e. The summed E-state index contributed by atoms with van der Waals surface area (Å²) in [5.74, 6) is -2.38. The highest BCUT2D eigenvalue weighted by Crippen LogP contribution is 2.27. The van der Waals surface area contributed by atoms with Gasteiger partial charge in [0.1, 0.15) is 11.6 Å². The van der Waals surface area contributed by atoms with E-state index in [1.54, 1.807) is 19.2 Å². The lowest BCUT2D eigenvalue weighted by Crippen LogP contribution is -2.11. The Morgan fingerprint density at radius 2 is 1.62 bits per heavy atom. The fraction of sp³-hybridized carbons (Fsp3) is 0.250. The molecular formula is C16H16F3NO. The number of ether oxygens (including phenoxy) is 1. The molecule has 1 N–H and O–H groups in total. The molecule has 2 rings (SSSR count). The van der Waals surface area contributed by atoms with Gasteiger partial charge in [-0.25, -0.2) is 13.2 Å². The van der Waals surface area contributed by atoms with Crippen LogP contribution in [0.3, 0.4) is 0 Å². The summed E-state index contributed by atoms with van der Waals surface area (Å²) in [6.45, 7) is 1.92. The summed E-state index contributed by atoms with van der Waals surface area (Å²) >= 11 is 0. The van der Waals surface area contributed by atoms with E-state index in [1.165, 1.54) is 0 Å². The molecule has 5 heteroatoms. The van der Waals surface area contributed by atoms with E-state index in [4.69, 9.17) is 4.74 Å². The SMILES string of the molecule is CCC(Nc1cc(F)c(F)cc1F)c1ccc(OC)cc1. The van der Waals surface area contributed by atoms with Gasteiger partial charge in [-0.3, -0.25) is 0 Å². The molecule has 2 nitrogen and oxygen atoms in total. The van der Waals surface area contributed by atoms with E-state index in [0.717, 1.165) is 11.6 Å². The summed E-state index contributed by atoms with van der Waals surface area (Å²) < 4.78 is 44.9. The van der Waals surface area contributed by atoms with Crippen LogP contribution in [-0.4, -0.2) is 7.11 Å². The minimum absolute atomic E-state index is 0.0587. The van der Waals surface area contributed by atoms with Gasteiger partial charge in [-0.1, -0.05) is 19.1 Å². The molecule has 0 heterocycles. The highest BCUT2D eigenvalue weighted by molar-refractivity contribution is 5.47. The summed E-state index contributed by atoms with van der Waals surface area (Å²) in [6, 6.07) is 8.43. The minimum Gasteiger partial charge on any atom is -0.497 e. The number of hydrogen-bond donors (Lipinski definition) is 1. The molecule has 0 aromatic heterocycles. The predicted octanol–water partition coefficient (Wildman–Crippen LogP) is 4.68. The first-order chi connectivity index (χ1) is 10.0. The molecule has 1 atom stereocenters. The van der Waals surface area contributed by atoms with Crippen molar-refractivity contribution >= 4 is 5.69 Å². The summed E-state index contributed by atoms with van der Waals surface area (Å²) in [5.41, 5.74) is 0.846. The highest BCUT2D eigenvalue weighted by Gasteiger charge is 2.14. The maximum atomic E-state index is 13.7. The van der Waals surface area contributed by atoms with Gasteiger partial charge in [-0.05, 0) is 24.1 Å². The van der Waals surface area contributed by atoms with E-state index in [2.05, 4.69) is 5.32 Å². The van der Waals surface area contributed by atoms with Crippen molar-refractivity contribution in [1.29, 1.82) is 0 Å². The summed E-state index contributed by atoms with van der Waals surface area (Å²) in [7, 11) is 1.57. The van der Waals surface area contributed by atoms with Gasteiger partial charge in [0.25, 0.3) is 0 Å². The van der Waals surface area contributed by atoms with Crippen LogP contribution >= 0.6 is 0 Å². The van der Waals surface area contributed by atoms with Crippen LogP contribution in [0.2, 0.25) is 0 Å². The largest absolute Gasteiger partial charge is 0.497 e. The lowest BCUT2D eigenvalue weighted by atomic mass is 10.0. The molecule has 0 saturated carbocycles. The third-order valence-electron chi connectivity index (χ3n) is 3.27. The van der Waals surface area contributed by atoms with Gasteiger partial charge in [0.15, 0.2) is 11.6 Å². The van der Waals surface area contributed by atoms with Crippen molar-refractivity contribution in [3.05, 3.63) is 59.4 Å². The summed E-state index contributed by atoms with van der Waals surface area (Å²) in [5, 5.41) is 2.90. The van der Waals surface area contributed by atoms with Gasteiger partial charge in [-0.15, -0.1) is 0 Å². The first kappa shape index (κ1) is 15.2. The first-order valence-electron chi connectivity index (χ1n) is 6.60. The highest BCUT2D eigenvalue weighted by atomic mass is 19.2. The van der Waals surface area contributed by atoms with Crippen molar-refractivity contribution < 1.29 is 17.9 Å². The average Bonchev–Trinajstić information content (AvgIpc) is 2.50. The first-order valence-corrected chi connectivity index (χ1v) is 6.60. The smallest absolute Gasteiger partial charge is 0.161 e. The molecule has 1 unspecified atom stereocenters. The normalized spacial score (nSPS) is 12.0. The molecule has 0 bridgehead atoms. The van der Waals surface area contributed by atoms with Crippen molar-refractivity contribution in [2.24, 2.45) is 0 Å².